The van der Waals surface area contributed by atoms with E-state index in [0.29, 0.717) is 12.8 Å². The van der Waals surface area contributed by atoms with Crippen LogP contribution in [0.4, 0.5) is 9.18 Å². The highest BCUT2D eigenvalue weighted by Gasteiger charge is 2.42. The molecule has 1 aromatic rings. The predicted molar refractivity (Wildman–Crippen MR) is 104 cm³/mol. The summed E-state index contributed by atoms with van der Waals surface area (Å²) >= 11 is 0. The van der Waals surface area contributed by atoms with Gasteiger partial charge in [-0.2, -0.15) is 0 Å². The average molecular weight is 394 g/mol. The van der Waals surface area contributed by atoms with Gasteiger partial charge in [0.2, 0.25) is 5.91 Å². The Bertz CT molecular complexity index is 665. The molecule has 3 unspecified atom stereocenters. The number of nitrogens with one attached hydrogen (secondary N) is 2. The van der Waals surface area contributed by atoms with E-state index in [0.717, 1.165) is 18.4 Å². The van der Waals surface area contributed by atoms with Crippen LogP contribution in [0.3, 0.4) is 0 Å². The van der Waals surface area contributed by atoms with Crippen molar-refractivity contribution in [3.05, 3.63) is 35.6 Å². The zero-order chi connectivity index (χ0) is 20.7. The summed E-state index contributed by atoms with van der Waals surface area (Å²) in [6.07, 6.45) is 1.68. The highest BCUT2D eigenvalue weighted by molar-refractivity contribution is 5.85. The van der Waals surface area contributed by atoms with Crippen molar-refractivity contribution in [3.63, 3.8) is 0 Å². The molecule has 0 heterocycles. The highest BCUT2D eigenvalue weighted by Crippen LogP contribution is 2.41. The molecule has 6 nitrogen and oxygen atoms in total. The zero-order valence-electron chi connectivity index (χ0n) is 16.8. The normalized spacial score (nSPS) is 22.7. The number of benzene rings is 1. The van der Waals surface area contributed by atoms with Gasteiger partial charge in [-0.3, -0.25) is 4.79 Å². The lowest BCUT2D eigenvalue weighted by molar-refractivity contribution is -0.125. The number of carbonyl (C=O) groups is 2. The fraction of sp³-hybridized carbons (Fsp3) is 0.619. The van der Waals surface area contributed by atoms with E-state index in [1.54, 1.807) is 19.1 Å². The predicted octanol–water partition coefficient (Wildman–Crippen LogP) is 2.79. The van der Waals surface area contributed by atoms with E-state index in [9.17, 15) is 19.1 Å². The fourth-order valence-corrected chi connectivity index (χ4v) is 3.81. The molecule has 156 valence electrons. The van der Waals surface area contributed by atoms with E-state index < -0.39 is 23.7 Å². The topological polar surface area (TPSA) is 87.7 Å². The first-order valence-electron chi connectivity index (χ1n) is 9.91. The Morgan fingerprint density at radius 1 is 1.32 bits per heavy atom. The molecule has 0 radical (unpaired) electrons. The molecule has 0 saturated heterocycles. The van der Waals surface area contributed by atoms with Gasteiger partial charge in [-0.25, -0.2) is 9.18 Å². The van der Waals surface area contributed by atoms with Gasteiger partial charge in [0.05, 0.1) is 12.7 Å². The molecule has 3 atom stereocenters. The second-order valence-electron chi connectivity index (χ2n) is 7.88. The number of rotatable bonds is 8. The van der Waals surface area contributed by atoms with Gasteiger partial charge in [-0.1, -0.05) is 32.4 Å². The smallest absolute Gasteiger partial charge is 0.407 e. The van der Waals surface area contributed by atoms with Crippen LogP contribution in [0.2, 0.25) is 0 Å². The minimum atomic E-state index is -0.722. The molecule has 0 aliphatic heterocycles. The van der Waals surface area contributed by atoms with E-state index in [1.807, 2.05) is 13.8 Å². The van der Waals surface area contributed by atoms with Crippen molar-refractivity contribution in [3.8, 4) is 0 Å². The lowest BCUT2D eigenvalue weighted by Crippen LogP contribution is -2.53. The van der Waals surface area contributed by atoms with Gasteiger partial charge in [0.15, 0.2) is 0 Å². The summed E-state index contributed by atoms with van der Waals surface area (Å²) in [4.78, 5) is 24.4. The Labute approximate surface area is 165 Å². The Morgan fingerprint density at radius 2 is 2.00 bits per heavy atom. The molecular weight excluding hydrogens is 363 g/mol. The number of carbonyl (C=O) groups excluding carboxylic acids is 2. The maximum absolute atomic E-state index is 13.2. The van der Waals surface area contributed by atoms with Crippen molar-refractivity contribution >= 4 is 12.0 Å². The van der Waals surface area contributed by atoms with Gasteiger partial charge in [0.25, 0.3) is 0 Å². The second-order valence-corrected chi connectivity index (χ2v) is 7.88. The number of amides is 2. The van der Waals surface area contributed by atoms with Gasteiger partial charge >= 0.3 is 6.09 Å². The quantitative estimate of drug-likeness (QED) is 0.633. The Kier molecular flexibility index (Phi) is 7.80. The SMILES string of the molecule is CCOC(=O)NC(C(=O)NCC1(Cc2ccc(F)cc2)CCCC1O)C(C)C. The van der Waals surface area contributed by atoms with Crippen LogP contribution in [0.25, 0.3) is 0 Å². The second kappa shape index (κ2) is 9.87. The first-order valence-corrected chi connectivity index (χ1v) is 9.91. The lowest BCUT2D eigenvalue weighted by Gasteiger charge is -2.34. The Balaban J connectivity index is 2.06. The Hall–Kier alpha value is -2.15. The van der Waals surface area contributed by atoms with Crippen molar-refractivity contribution in [2.75, 3.05) is 13.2 Å². The summed E-state index contributed by atoms with van der Waals surface area (Å²) in [5.74, 6) is -0.727. The number of halogens is 1. The molecule has 2 amide bonds. The summed E-state index contributed by atoms with van der Waals surface area (Å²) in [6, 6.07) is 5.51. The maximum Gasteiger partial charge on any atom is 0.407 e. The maximum atomic E-state index is 13.2. The third-order valence-electron chi connectivity index (χ3n) is 5.44. The average Bonchev–Trinajstić information content (AvgIpc) is 3.00. The van der Waals surface area contributed by atoms with E-state index in [1.165, 1.54) is 12.1 Å². The largest absolute Gasteiger partial charge is 0.450 e. The van der Waals surface area contributed by atoms with Crippen molar-refractivity contribution in [2.45, 2.75) is 58.6 Å². The highest BCUT2D eigenvalue weighted by atomic mass is 19.1. The van der Waals surface area contributed by atoms with Crippen LogP contribution < -0.4 is 10.6 Å². The molecule has 3 N–H and O–H groups in total. The third kappa shape index (κ3) is 5.67. The molecule has 7 heteroatoms. The first-order chi connectivity index (χ1) is 13.3. The van der Waals surface area contributed by atoms with Gasteiger partial charge in [-0.15, -0.1) is 0 Å². The van der Waals surface area contributed by atoms with Crippen LogP contribution in [0.15, 0.2) is 24.3 Å². The molecule has 0 aromatic heterocycles. The summed E-state index contributed by atoms with van der Waals surface area (Å²) in [7, 11) is 0. The number of aliphatic hydroxyl groups is 1. The summed E-state index contributed by atoms with van der Waals surface area (Å²) in [5, 5.41) is 16.1. The van der Waals surface area contributed by atoms with Crippen molar-refractivity contribution in [1.29, 1.82) is 0 Å². The standard InChI is InChI=1S/C21H31FN2O4/c1-4-28-20(27)24-18(14(2)3)19(26)23-13-21(11-5-6-17(21)25)12-15-7-9-16(22)10-8-15/h7-10,14,17-18,25H,4-6,11-13H2,1-3H3,(H,23,26)(H,24,27). The number of hydrogen-bond acceptors (Lipinski definition) is 4. The monoisotopic (exact) mass is 394 g/mol. The number of ether oxygens (including phenoxy) is 1. The minimum Gasteiger partial charge on any atom is -0.450 e. The molecule has 1 fully saturated rings. The van der Waals surface area contributed by atoms with Crippen molar-refractivity contribution in [2.24, 2.45) is 11.3 Å². The molecule has 1 aliphatic rings. The van der Waals surface area contributed by atoms with Crippen LogP contribution in [0.5, 0.6) is 0 Å². The molecule has 0 spiro atoms. The molecule has 1 saturated carbocycles. The molecule has 2 rings (SSSR count). The van der Waals surface area contributed by atoms with Crippen molar-refractivity contribution in [1.82, 2.24) is 10.6 Å². The van der Waals surface area contributed by atoms with Crippen LogP contribution >= 0.6 is 0 Å². The number of hydrogen-bond donors (Lipinski definition) is 3. The third-order valence-corrected chi connectivity index (χ3v) is 5.44. The van der Waals surface area contributed by atoms with Gasteiger partial charge in [0.1, 0.15) is 11.9 Å². The number of alkyl carbamates (subject to hydrolysis) is 1. The van der Waals surface area contributed by atoms with Gasteiger partial charge in [-0.05, 0) is 49.8 Å². The van der Waals surface area contributed by atoms with Crippen LogP contribution in [-0.4, -0.2) is 42.4 Å². The van der Waals surface area contributed by atoms with Crippen LogP contribution in [0.1, 0.15) is 45.6 Å². The fourth-order valence-electron chi connectivity index (χ4n) is 3.81. The first kappa shape index (κ1) is 22.1. The minimum absolute atomic E-state index is 0.119. The summed E-state index contributed by atoms with van der Waals surface area (Å²) in [5.41, 5.74) is 0.417. The van der Waals surface area contributed by atoms with E-state index in [2.05, 4.69) is 10.6 Å². The Morgan fingerprint density at radius 3 is 2.54 bits per heavy atom. The van der Waals surface area contributed by atoms with E-state index >= 15 is 0 Å². The molecule has 1 aliphatic carbocycles. The van der Waals surface area contributed by atoms with Gasteiger partial charge < -0.3 is 20.5 Å². The van der Waals surface area contributed by atoms with E-state index in [4.69, 9.17) is 4.74 Å². The lowest BCUT2D eigenvalue weighted by atomic mass is 9.78. The van der Waals surface area contributed by atoms with Gasteiger partial charge in [0, 0.05) is 12.0 Å². The van der Waals surface area contributed by atoms with Crippen LogP contribution in [-0.2, 0) is 16.0 Å². The number of aliphatic hydroxyl groups excluding tert-OH is 1. The summed E-state index contributed by atoms with van der Waals surface area (Å²) < 4.78 is 18.1. The van der Waals surface area contributed by atoms with Crippen LogP contribution in [0, 0.1) is 17.2 Å². The van der Waals surface area contributed by atoms with Crippen molar-refractivity contribution < 1.29 is 23.8 Å². The van der Waals surface area contributed by atoms with E-state index in [-0.39, 0.29) is 30.8 Å². The molecule has 1 aromatic carbocycles. The molecule has 28 heavy (non-hydrogen) atoms. The molecule has 0 bridgehead atoms. The molecular formula is C21H31FN2O4. The summed E-state index contributed by atoms with van der Waals surface area (Å²) in [6.45, 7) is 5.90. The zero-order valence-corrected chi connectivity index (χ0v) is 16.8.